The highest BCUT2D eigenvalue weighted by Gasteiger charge is 2.31. The average Bonchev–Trinajstić information content (AvgIpc) is 3.67. The van der Waals surface area contributed by atoms with Crippen molar-refractivity contribution in [1.29, 1.82) is 0 Å². The number of urea groups is 1. The van der Waals surface area contributed by atoms with E-state index in [4.69, 9.17) is 4.74 Å². The Kier molecular flexibility index (Phi) is 9.23. The van der Waals surface area contributed by atoms with Crippen molar-refractivity contribution in [3.63, 3.8) is 0 Å². The number of amidine groups is 1. The number of carbonyl (C=O) groups is 1. The second-order valence-corrected chi connectivity index (χ2v) is 11.0. The predicted octanol–water partition coefficient (Wildman–Crippen LogP) is 7.25. The zero-order chi connectivity index (χ0) is 31.3. The quantitative estimate of drug-likeness (QED) is 0.221. The molecule has 228 valence electrons. The van der Waals surface area contributed by atoms with Gasteiger partial charge in [-0.05, 0) is 65.6 Å². The van der Waals surface area contributed by atoms with Gasteiger partial charge in [0.2, 0.25) is 0 Å². The molecule has 1 aliphatic heterocycles. The summed E-state index contributed by atoms with van der Waals surface area (Å²) in [6.45, 7) is 4.99. The first-order valence-corrected chi connectivity index (χ1v) is 14.6. The molecule has 0 bridgehead atoms. The van der Waals surface area contributed by atoms with Crippen molar-refractivity contribution in [3.8, 4) is 28.6 Å². The van der Waals surface area contributed by atoms with Gasteiger partial charge in [0.25, 0.3) is 0 Å². The number of anilines is 1. The molecule has 0 aliphatic carbocycles. The van der Waals surface area contributed by atoms with E-state index in [1.165, 1.54) is 53.2 Å². The lowest BCUT2D eigenvalue weighted by Gasteiger charge is -2.23. The minimum atomic E-state index is -4.75. The Morgan fingerprint density at radius 1 is 1.07 bits per heavy atom. The molecule has 4 aromatic rings. The summed E-state index contributed by atoms with van der Waals surface area (Å²) in [6, 6.07) is 18.2. The first kappa shape index (κ1) is 30.7. The summed E-state index contributed by atoms with van der Waals surface area (Å²) in [5.74, 6) is 2.01. The maximum atomic E-state index is 12.6. The van der Waals surface area contributed by atoms with Gasteiger partial charge in [-0.3, -0.25) is 0 Å². The lowest BCUT2D eigenvalue weighted by atomic mass is 10.00. The molecule has 0 unspecified atom stereocenters. The number of benzene rings is 3. The molecule has 1 aromatic heterocycles. The molecule has 1 N–H and O–H groups in total. The average molecular weight is 623 g/mol. The molecule has 2 heterocycles. The molecule has 1 saturated heterocycles. The van der Waals surface area contributed by atoms with E-state index in [2.05, 4.69) is 43.9 Å². The number of hydrogen-bond donors (Lipinski definition) is 1. The van der Waals surface area contributed by atoms with Gasteiger partial charge in [0.15, 0.2) is 11.0 Å². The van der Waals surface area contributed by atoms with Crippen molar-refractivity contribution in [2.75, 3.05) is 24.3 Å². The van der Waals surface area contributed by atoms with Crippen LogP contribution in [0.25, 0.3) is 23.2 Å². The number of ether oxygens (including phenoxy) is 2. The van der Waals surface area contributed by atoms with Crippen LogP contribution in [-0.4, -0.2) is 51.7 Å². The van der Waals surface area contributed by atoms with Gasteiger partial charge in [-0.15, -0.1) is 18.3 Å². The Hall–Kier alpha value is -4.78. The monoisotopic (exact) mass is 622 g/mol. The van der Waals surface area contributed by atoms with Crippen molar-refractivity contribution in [3.05, 3.63) is 90.4 Å². The van der Waals surface area contributed by atoms with Crippen molar-refractivity contribution in [2.24, 2.45) is 4.99 Å². The van der Waals surface area contributed by atoms with Crippen molar-refractivity contribution in [2.45, 2.75) is 26.1 Å². The van der Waals surface area contributed by atoms with E-state index >= 15 is 0 Å². The molecule has 2 amide bonds. The van der Waals surface area contributed by atoms with Gasteiger partial charge in [-0.1, -0.05) is 49.9 Å². The first-order valence-electron chi connectivity index (χ1n) is 13.6. The third kappa shape index (κ3) is 7.59. The summed E-state index contributed by atoms with van der Waals surface area (Å²) >= 11 is 1.54. The number of hydrogen-bond acceptors (Lipinski definition) is 6. The number of aliphatic imine (C=N–C) groups is 1. The van der Waals surface area contributed by atoms with Crippen molar-refractivity contribution < 1.29 is 27.4 Å². The highest BCUT2D eigenvalue weighted by atomic mass is 32.2. The Labute approximate surface area is 256 Å². The second kappa shape index (κ2) is 13.2. The van der Waals surface area contributed by atoms with Crippen LogP contribution in [0.2, 0.25) is 0 Å². The van der Waals surface area contributed by atoms with E-state index in [1.54, 1.807) is 13.2 Å². The summed E-state index contributed by atoms with van der Waals surface area (Å²) in [5.41, 5.74) is 4.24. The Morgan fingerprint density at radius 2 is 1.80 bits per heavy atom. The molecule has 5 rings (SSSR count). The van der Waals surface area contributed by atoms with Gasteiger partial charge in [0.05, 0.1) is 12.8 Å². The van der Waals surface area contributed by atoms with Gasteiger partial charge in [-0.2, -0.15) is 4.99 Å². The molecule has 1 aliphatic rings. The van der Waals surface area contributed by atoms with Gasteiger partial charge in [0.1, 0.15) is 17.8 Å². The molecular weight excluding hydrogens is 593 g/mol. The van der Waals surface area contributed by atoms with Crippen LogP contribution in [0.5, 0.6) is 11.5 Å². The number of rotatable bonds is 8. The summed E-state index contributed by atoms with van der Waals surface area (Å²) < 4.78 is 47.9. The molecule has 13 heteroatoms. The van der Waals surface area contributed by atoms with Crippen molar-refractivity contribution >= 4 is 34.7 Å². The maximum absolute atomic E-state index is 12.6. The van der Waals surface area contributed by atoms with E-state index in [-0.39, 0.29) is 11.7 Å². The fourth-order valence-corrected chi connectivity index (χ4v) is 5.43. The molecule has 0 atom stereocenters. The first-order chi connectivity index (χ1) is 21.1. The van der Waals surface area contributed by atoms with E-state index < -0.39 is 12.4 Å². The number of amides is 2. The Morgan fingerprint density at radius 3 is 2.48 bits per heavy atom. The van der Waals surface area contributed by atoms with Gasteiger partial charge in [0, 0.05) is 29.7 Å². The maximum Gasteiger partial charge on any atom is 0.573 e. The summed E-state index contributed by atoms with van der Waals surface area (Å²) in [7, 11) is 1.64. The van der Waals surface area contributed by atoms with E-state index in [0.29, 0.717) is 16.7 Å². The SMILES string of the molecule is COc1ccc(N2CCSC2=NC(=O)N/C=C/c2ccc(-c3ncn(-c4ccc(OC(F)(F)F)cc4)n3)cc2)c(C(C)C)c1. The molecular formula is C31H29F3N6O3S. The van der Waals surface area contributed by atoms with Crippen LogP contribution in [0.3, 0.4) is 0 Å². The highest BCUT2D eigenvalue weighted by molar-refractivity contribution is 8.14. The third-order valence-corrected chi connectivity index (χ3v) is 7.56. The van der Waals surface area contributed by atoms with Gasteiger partial charge < -0.3 is 19.7 Å². The number of alkyl halides is 3. The van der Waals surface area contributed by atoms with Gasteiger partial charge >= 0.3 is 12.4 Å². The topological polar surface area (TPSA) is 93.9 Å². The molecule has 9 nitrogen and oxygen atoms in total. The molecule has 0 saturated carbocycles. The molecule has 0 radical (unpaired) electrons. The number of methoxy groups -OCH3 is 1. The van der Waals surface area contributed by atoms with E-state index in [1.807, 2.05) is 42.5 Å². The van der Waals surface area contributed by atoms with Crippen LogP contribution in [0.15, 0.2) is 84.2 Å². The Bertz CT molecular complexity index is 1670. The highest BCUT2D eigenvalue weighted by Crippen LogP contribution is 2.35. The molecule has 44 heavy (non-hydrogen) atoms. The number of carbonyl (C=O) groups excluding carboxylic acids is 1. The summed E-state index contributed by atoms with van der Waals surface area (Å²) in [4.78, 5) is 23.3. The molecule has 3 aromatic carbocycles. The van der Waals surface area contributed by atoms with Crippen LogP contribution in [-0.2, 0) is 0 Å². The largest absolute Gasteiger partial charge is 0.573 e. The van der Waals surface area contributed by atoms with Gasteiger partial charge in [-0.25, -0.2) is 14.5 Å². The lowest BCUT2D eigenvalue weighted by Crippen LogP contribution is -2.27. The molecule has 1 fully saturated rings. The minimum absolute atomic E-state index is 0.268. The standard InChI is InChI=1S/C31H29F3N6O3S/c1-20(2)26-18-25(42-3)12-13-27(26)39-16-17-44-30(39)37-29(41)35-15-14-21-4-6-22(7-5-21)28-36-19-40(38-28)23-8-10-24(11-9-23)43-31(32,33)34/h4-15,18-20H,16-17H2,1-3H3,(H,35,41)/b15-14+,37-30?. The van der Waals surface area contributed by atoms with E-state index in [9.17, 15) is 18.0 Å². The number of thioether (sulfide) groups is 1. The van der Waals surface area contributed by atoms with Crippen LogP contribution >= 0.6 is 11.8 Å². The zero-order valence-electron chi connectivity index (χ0n) is 24.1. The van der Waals surface area contributed by atoms with Crippen LogP contribution in [0, 0.1) is 0 Å². The number of nitrogens with one attached hydrogen (secondary N) is 1. The number of nitrogens with zero attached hydrogens (tertiary/aromatic N) is 5. The normalized spacial score (nSPS) is 14.5. The summed E-state index contributed by atoms with van der Waals surface area (Å²) in [6.07, 6.45) is 0.00773. The lowest BCUT2D eigenvalue weighted by molar-refractivity contribution is -0.274. The number of halogens is 3. The third-order valence-electron chi connectivity index (χ3n) is 6.60. The fourth-order valence-electron chi connectivity index (χ4n) is 4.48. The van der Waals surface area contributed by atoms with Crippen LogP contribution in [0.4, 0.5) is 23.7 Å². The molecule has 0 spiro atoms. The predicted molar refractivity (Wildman–Crippen MR) is 165 cm³/mol. The van der Waals surface area contributed by atoms with Crippen LogP contribution in [0.1, 0.15) is 30.9 Å². The van der Waals surface area contributed by atoms with E-state index in [0.717, 1.165) is 40.4 Å². The fraction of sp³-hybridized carbons (Fsp3) is 0.226. The Balaban J connectivity index is 1.19. The smallest absolute Gasteiger partial charge is 0.497 e. The van der Waals surface area contributed by atoms with Crippen LogP contribution < -0.4 is 19.7 Å². The number of aromatic nitrogens is 3. The van der Waals surface area contributed by atoms with Crippen molar-refractivity contribution in [1.82, 2.24) is 20.1 Å². The minimum Gasteiger partial charge on any atom is -0.497 e. The second-order valence-electron chi connectivity index (χ2n) is 9.93. The zero-order valence-corrected chi connectivity index (χ0v) is 24.9. The summed E-state index contributed by atoms with van der Waals surface area (Å²) in [5, 5.41) is 7.76.